The Morgan fingerprint density at radius 2 is 1.81 bits per heavy atom. The van der Waals surface area contributed by atoms with Crippen LogP contribution >= 0.6 is 11.3 Å². The van der Waals surface area contributed by atoms with Crippen LogP contribution in [0.5, 0.6) is 11.5 Å². The van der Waals surface area contributed by atoms with Crippen molar-refractivity contribution in [2.75, 3.05) is 19.1 Å². The largest absolute Gasteiger partial charge is 0.493 e. The van der Waals surface area contributed by atoms with Crippen LogP contribution in [0.3, 0.4) is 0 Å². The molecule has 1 aliphatic rings. The highest BCUT2D eigenvalue weighted by Crippen LogP contribution is 2.47. The number of anilines is 1. The van der Waals surface area contributed by atoms with Crippen molar-refractivity contribution in [1.82, 2.24) is 4.98 Å². The van der Waals surface area contributed by atoms with Crippen molar-refractivity contribution in [3.63, 3.8) is 0 Å². The summed E-state index contributed by atoms with van der Waals surface area (Å²) >= 11 is 1.40. The molecule has 0 saturated heterocycles. The monoisotopic (exact) mass is 448 g/mol. The highest BCUT2D eigenvalue weighted by molar-refractivity contribution is 7.15. The van der Waals surface area contributed by atoms with Crippen molar-refractivity contribution < 1.29 is 18.7 Å². The van der Waals surface area contributed by atoms with Crippen LogP contribution in [0.15, 0.2) is 51.7 Å². The van der Waals surface area contributed by atoms with E-state index in [9.17, 15) is 9.59 Å². The van der Waals surface area contributed by atoms with Gasteiger partial charge >= 0.3 is 0 Å². The quantitative estimate of drug-likeness (QED) is 0.453. The normalized spacial score (nSPS) is 15.3. The Morgan fingerprint density at radius 3 is 2.50 bits per heavy atom. The Hall–Kier alpha value is -3.65. The fourth-order valence-corrected chi connectivity index (χ4v) is 5.03. The summed E-state index contributed by atoms with van der Waals surface area (Å²) in [4.78, 5) is 34.4. The van der Waals surface area contributed by atoms with Crippen LogP contribution in [0.25, 0.3) is 11.0 Å². The molecule has 0 spiro atoms. The number of hydrogen-bond acceptors (Lipinski definition) is 7. The van der Waals surface area contributed by atoms with Gasteiger partial charge in [0.25, 0.3) is 5.91 Å². The minimum Gasteiger partial charge on any atom is -0.493 e. The molecule has 0 N–H and O–H groups in total. The SMILES string of the molecule is COc1cccc([C@@H]2c3c(oc4ccccc4c3=O)C(=O)N2c2nc(C)c(C)s2)c1OC. The van der Waals surface area contributed by atoms with Crippen LogP contribution in [0, 0.1) is 13.8 Å². The molecule has 2 aromatic carbocycles. The molecule has 162 valence electrons. The van der Waals surface area contributed by atoms with Crippen LogP contribution in [0.1, 0.15) is 38.3 Å². The van der Waals surface area contributed by atoms with Gasteiger partial charge in [0.15, 0.2) is 22.1 Å². The topological polar surface area (TPSA) is 81.9 Å². The minimum absolute atomic E-state index is 0.0223. The van der Waals surface area contributed by atoms with Gasteiger partial charge in [-0.2, -0.15) is 0 Å². The molecule has 1 amide bonds. The number of nitrogens with zero attached hydrogens (tertiary/aromatic N) is 2. The number of thiazole rings is 1. The predicted molar refractivity (Wildman–Crippen MR) is 122 cm³/mol. The van der Waals surface area contributed by atoms with Gasteiger partial charge < -0.3 is 13.9 Å². The second-order valence-corrected chi connectivity index (χ2v) is 8.65. The number of carbonyl (C=O) groups excluding carboxylic acids is 1. The number of fused-ring (bicyclic) bond motifs is 2. The fraction of sp³-hybridized carbons (Fsp3) is 0.208. The van der Waals surface area contributed by atoms with E-state index in [1.807, 2.05) is 19.9 Å². The summed E-state index contributed by atoms with van der Waals surface area (Å²) in [7, 11) is 3.08. The summed E-state index contributed by atoms with van der Waals surface area (Å²) < 4.78 is 17.1. The molecular formula is C24H20N2O5S. The molecule has 4 aromatic rings. The summed E-state index contributed by atoms with van der Waals surface area (Å²) in [6, 6.07) is 11.6. The number of amides is 1. The van der Waals surface area contributed by atoms with Gasteiger partial charge in [0, 0.05) is 10.4 Å². The van der Waals surface area contributed by atoms with E-state index in [0.717, 1.165) is 10.6 Å². The van der Waals surface area contributed by atoms with Gasteiger partial charge in [0.2, 0.25) is 5.76 Å². The van der Waals surface area contributed by atoms with Crippen LogP contribution in [-0.4, -0.2) is 25.1 Å². The molecule has 0 aliphatic carbocycles. The first-order valence-corrected chi connectivity index (χ1v) is 10.8. The Balaban J connectivity index is 1.86. The zero-order valence-electron chi connectivity index (χ0n) is 18.0. The molecule has 0 fully saturated rings. The van der Waals surface area contributed by atoms with E-state index >= 15 is 0 Å². The lowest BCUT2D eigenvalue weighted by Gasteiger charge is -2.24. The van der Waals surface area contributed by atoms with Crippen molar-refractivity contribution in [2.24, 2.45) is 0 Å². The molecule has 7 nitrogen and oxygen atoms in total. The maximum atomic E-state index is 13.6. The van der Waals surface area contributed by atoms with Gasteiger partial charge in [0.1, 0.15) is 11.6 Å². The molecule has 0 saturated carbocycles. The predicted octanol–water partition coefficient (Wildman–Crippen LogP) is 4.63. The highest BCUT2D eigenvalue weighted by atomic mass is 32.1. The first-order chi connectivity index (χ1) is 15.5. The van der Waals surface area contributed by atoms with E-state index in [0.29, 0.717) is 33.2 Å². The van der Waals surface area contributed by atoms with E-state index in [2.05, 4.69) is 4.98 Å². The molecule has 1 aliphatic heterocycles. The van der Waals surface area contributed by atoms with Crippen molar-refractivity contribution in [2.45, 2.75) is 19.9 Å². The Kier molecular flexibility index (Phi) is 4.74. The van der Waals surface area contributed by atoms with Crippen molar-refractivity contribution in [3.05, 3.63) is 80.1 Å². The molecular weight excluding hydrogens is 428 g/mol. The van der Waals surface area contributed by atoms with Gasteiger partial charge in [0.05, 0.1) is 30.9 Å². The third-order valence-corrected chi connectivity index (χ3v) is 6.80. The zero-order chi connectivity index (χ0) is 22.6. The van der Waals surface area contributed by atoms with E-state index in [1.54, 1.807) is 43.5 Å². The number of rotatable bonds is 4. The van der Waals surface area contributed by atoms with Crippen molar-refractivity contribution in [1.29, 1.82) is 0 Å². The molecule has 0 bridgehead atoms. The second-order valence-electron chi connectivity index (χ2n) is 7.47. The second kappa shape index (κ2) is 7.49. The average molecular weight is 449 g/mol. The molecule has 3 heterocycles. The summed E-state index contributed by atoms with van der Waals surface area (Å²) in [5.41, 5.74) is 1.83. The number of hydrogen-bond donors (Lipinski definition) is 0. The van der Waals surface area contributed by atoms with E-state index < -0.39 is 11.9 Å². The maximum absolute atomic E-state index is 13.6. The number of carbonyl (C=O) groups is 1. The summed E-state index contributed by atoms with van der Waals surface area (Å²) in [5, 5.41) is 0.911. The molecule has 32 heavy (non-hydrogen) atoms. The summed E-state index contributed by atoms with van der Waals surface area (Å²) in [6.07, 6.45) is 0. The van der Waals surface area contributed by atoms with Crippen LogP contribution in [0.2, 0.25) is 0 Å². The van der Waals surface area contributed by atoms with Crippen LogP contribution in [0.4, 0.5) is 5.13 Å². The standard InChI is InChI=1S/C24H20N2O5S/c1-12-13(2)32-24(25-12)26-19(15-9-7-11-17(29-3)21(15)30-4)18-20(27)14-8-5-6-10-16(14)31-22(18)23(26)28/h5-11,19H,1-4H3/t19-/m1/s1. The summed E-state index contributed by atoms with van der Waals surface area (Å²) in [6.45, 7) is 3.84. The highest BCUT2D eigenvalue weighted by Gasteiger charge is 2.46. The minimum atomic E-state index is -0.770. The van der Waals surface area contributed by atoms with Gasteiger partial charge in [-0.15, -0.1) is 11.3 Å². The molecule has 1 atom stereocenters. The van der Waals surface area contributed by atoms with Crippen molar-refractivity contribution >= 4 is 33.3 Å². The third kappa shape index (κ3) is 2.83. The molecule has 8 heteroatoms. The number of aryl methyl sites for hydroxylation is 2. The lowest BCUT2D eigenvalue weighted by molar-refractivity contribution is 0.0970. The molecule has 5 rings (SSSR count). The van der Waals surface area contributed by atoms with E-state index in [1.165, 1.54) is 23.3 Å². The van der Waals surface area contributed by atoms with Gasteiger partial charge in [-0.05, 0) is 32.0 Å². The molecule has 0 radical (unpaired) electrons. The van der Waals surface area contributed by atoms with E-state index in [4.69, 9.17) is 13.9 Å². The first-order valence-electron chi connectivity index (χ1n) is 10.0. The molecule has 0 unspecified atom stereocenters. The van der Waals surface area contributed by atoms with Gasteiger partial charge in [-0.1, -0.05) is 24.3 Å². The lowest BCUT2D eigenvalue weighted by atomic mass is 9.97. The Morgan fingerprint density at radius 1 is 1.03 bits per heavy atom. The number of aromatic nitrogens is 1. The summed E-state index contributed by atoms with van der Waals surface area (Å²) in [5.74, 6) is 0.561. The first kappa shape index (κ1) is 20.3. The maximum Gasteiger partial charge on any atom is 0.297 e. The van der Waals surface area contributed by atoms with Gasteiger partial charge in [-0.25, -0.2) is 4.98 Å². The van der Waals surface area contributed by atoms with Crippen LogP contribution in [-0.2, 0) is 0 Å². The number of ether oxygens (including phenoxy) is 2. The number of para-hydroxylation sites is 2. The lowest BCUT2D eigenvalue weighted by Crippen LogP contribution is -2.29. The molecule has 2 aromatic heterocycles. The number of methoxy groups -OCH3 is 2. The van der Waals surface area contributed by atoms with Crippen molar-refractivity contribution in [3.8, 4) is 11.5 Å². The van der Waals surface area contributed by atoms with E-state index in [-0.39, 0.29) is 16.8 Å². The third-order valence-electron chi connectivity index (χ3n) is 5.73. The Labute approximate surface area is 187 Å². The van der Waals surface area contributed by atoms with Crippen LogP contribution < -0.4 is 19.8 Å². The van der Waals surface area contributed by atoms with Gasteiger partial charge in [-0.3, -0.25) is 14.5 Å². The Bertz CT molecular complexity index is 1420. The average Bonchev–Trinajstić information content (AvgIpc) is 3.29. The number of benzene rings is 2. The zero-order valence-corrected chi connectivity index (χ0v) is 18.8. The smallest absolute Gasteiger partial charge is 0.297 e. The fourth-order valence-electron chi connectivity index (χ4n) is 4.10.